The van der Waals surface area contributed by atoms with Crippen molar-refractivity contribution in [3.05, 3.63) is 36.2 Å². The summed E-state index contributed by atoms with van der Waals surface area (Å²) < 4.78 is 1.39. The van der Waals surface area contributed by atoms with Crippen LogP contribution in [0.4, 0.5) is 5.69 Å². The molecule has 0 fully saturated rings. The summed E-state index contributed by atoms with van der Waals surface area (Å²) in [6, 6.07) is 7.63. The Balaban J connectivity index is 1.84. The van der Waals surface area contributed by atoms with Gasteiger partial charge in [-0.3, -0.25) is 4.79 Å². The van der Waals surface area contributed by atoms with Gasteiger partial charge in [-0.2, -0.15) is 0 Å². The van der Waals surface area contributed by atoms with Gasteiger partial charge in [-0.1, -0.05) is 18.2 Å². The number of hydrogen-bond donors (Lipinski definition) is 1. The van der Waals surface area contributed by atoms with Crippen molar-refractivity contribution in [3.63, 3.8) is 0 Å². The lowest BCUT2D eigenvalue weighted by Crippen LogP contribution is -2.33. The van der Waals surface area contributed by atoms with Gasteiger partial charge in [0.1, 0.15) is 12.9 Å². The van der Waals surface area contributed by atoms with E-state index in [9.17, 15) is 9.90 Å². The quantitative estimate of drug-likeness (QED) is 0.825. The van der Waals surface area contributed by atoms with E-state index in [0.717, 1.165) is 11.3 Å². The molecule has 0 bridgehead atoms. The summed E-state index contributed by atoms with van der Waals surface area (Å²) in [6.45, 7) is 0.627. The molecular weight excluding hydrogens is 246 g/mol. The first-order chi connectivity index (χ1) is 9.29. The molecule has 2 heterocycles. The van der Waals surface area contributed by atoms with Crippen LogP contribution in [0.15, 0.2) is 30.6 Å². The lowest BCUT2D eigenvalue weighted by atomic mass is 10.0. The van der Waals surface area contributed by atoms with Gasteiger partial charge in [0.15, 0.2) is 0 Å². The molecule has 1 aromatic carbocycles. The number of aromatic nitrogens is 4. The first-order valence-electron chi connectivity index (χ1n) is 6.00. The number of benzene rings is 1. The topological polar surface area (TPSA) is 84.1 Å². The van der Waals surface area contributed by atoms with Crippen LogP contribution in [0.25, 0.3) is 0 Å². The van der Waals surface area contributed by atoms with Crippen molar-refractivity contribution in [2.24, 2.45) is 0 Å². The molecule has 2 aromatic rings. The first kappa shape index (κ1) is 11.8. The number of aliphatic hydroxyl groups is 1. The van der Waals surface area contributed by atoms with Gasteiger partial charge >= 0.3 is 0 Å². The molecule has 1 aliphatic heterocycles. The van der Waals surface area contributed by atoms with Gasteiger partial charge in [0.05, 0.1) is 6.61 Å². The van der Waals surface area contributed by atoms with Crippen LogP contribution in [0.2, 0.25) is 0 Å². The average molecular weight is 259 g/mol. The second kappa shape index (κ2) is 4.77. The monoisotopic (exact) mass is 259 g/mol. The van der Waals surface area contributed by atoms with E-state index in [0.29, 0.717) is 6.54 Å². The lowest BCUT2D eigenvalue weighted by Gasteiger charge is -2.17. The van der Waals surface area contributed by atoms with Crippen LogP contribution >= 0.6 is 0 Å². The van der Waals surface area contributed by atoms with Gasteiger partial charge in [-0.05, 0) is 22.1 Å². The van der Waals surface area contributed by atoms with Crippen molar-refractivity contribution >= 4 is 11.6 Å². The molecule has 7 nitrogen and oxygen atoms in total. The van der Waals surface area contributed by atoms with E-state index in [1.165, 1.54) is 11.0 Å². The van der Waals surface area contributed by atoms with Gasteiger partial charge in [0, 0.05) is 18.2 Å². The van der Waals surface area contributed by atoms with Crippen molar-refractivity contribution in [2.45, 2.75) is 12.5 Å². The molecule has 0 saturated carbocycles. The number of amides is 1. The summed E-state index contributed by atoms with van der Waals surface area (Å²) in [5.41, 5.74) is 1.87. The summed E-state index contributed by atoms with van der Waals surface area (Å²) in [6.07, 6.45) is 1.41. The number of carbonyl (C=O) groups excluding carboxylic acids is 1. The molecule has 0 saturated heterocycles. The Morgan fingerprint density at radius 2 is 2.26 bits per heavy atom. The van der Waals surface area contributed by atoms with Crippen molar-refractivity contribution < 1.29 is 9.90 Å². The number of rotatable bonds is 3. The third kappa shape index (κ3) is 2.08. The standard InChI is InChI=1S/C12H13N5O2/c18-7-9-5-17(11-4-2-1-3-10(9)11)12(19)6-16-8-13-14-15-16/h1-4,8-9,18H,5-7H2. The normalized spacial score (nSPS) is 17.5. The summed E-state index contributed by atoms with van der Waals surface area (Å²) in [5.74, 6) is -0.107. The Kier molecular flexibility index (Phi) is 2.96. The van der Waals surface area contributed by atoms with Gasteiger partial charge in [0.25, 0.3) is 0 Å². The molecular formula is C12H13N5O2. The minimum Gasteiger partial charge on any atom is -0.396 e. The lowest BCUT2D eigenvalue weighted by molar-refractivity contribution is -0.119. The third-order valence-electron chi connectivity index (χ3n) is 3.28. The molecule has 1 amide bonds. The van der Waals surface area contributed by atoms with Crippen molar-refractivity contribution in [2.75, 3.05) is 18.1 Å². The Morgan fingerprint density at radius 3 is 3.00 bits per heavy atom. The molecule has 7 heteroatoms. The van der Waals surface area contributed by atoms with Gasteiger partial charge < -0.3 is 10.0 Å². The maximum Gasteiger partial charge on any atom is 0.248 e. The second-order valence-electron chi connectivity index (χ2n) is 4.45. The van der Waals surface area contributed by atoms with E-state index in [4.69, 9.17) is 0 Å². The van der Waals surface area contributed by atoms with Crippen LogP contribution in [0.5, 0.6) is 0 Å². The van der Waals surface area contributed by atoms with Crippen LogP contribution in [0.1, 0.15) is 11.5 Å². The molecule has 0 spiro atoms. The summed E-state index contributed by atoms with van der Waals surface area (Å²) in [5, 5.41) is 20.1. The number of hydrogen-bond acceptors (Lipinski definition) is 5. The highest BCUT2D eigenvalue weighted by atomic mass is 16.3. The van der Waals surface area contributed by atoms with Gasteiger partial charge in [-0.25, -0.2) is 4.68 Å². The SMILES string of the molecule is O=C(Cn1cnnn1)N1CC(CO)c2ccccc21. The second-order valence-corrected chi connectivity index (χ2v) is 4.45. The zero-order valence-electron chi connectivity index (χ0n) is 10.2. The minimum atomic E-state index is -0.0873. The van der Waals surface area contributed by atoms with Crippen molar-refractivity contribution in [3.8, 4) is 0 Å². The fourth-order valence-corrected chi connectivity index (χ4v) is 2.36. The number of para-hydroxylation sites is 1. The summed E-state index contributed by atoms with van der Waals surface area (Å²) in [4.78, 5) is 13.9. The average Bonchev–Trinajstić information content (AvgIpc) is 3.05. The fourth-order valence-electron chi connectivity index (χ4n) is 2.36. The number of carbonyl (C=O) groups is 1. The molecule has 1 atom stereocenters. The number of nitrogens with zero attached hydrogens (tertiary/aromatic N) is 5. The number of tetrazole rings is 1. The molecule has 1 unspecified atom stereocenters. The molecule has 98 valence electrons. The van der Waals surface area contributed by atoms with Crippen molar-refractivity contribution in [1.82, 2.24) is 20.2 Å². The van der Waals surface area contributed by atoms with E-state index in [1.54, 1.807) is 4.90 Å². The highest BCUT2D eigenvalue weighted by Crippen LogP contribution is 2.35. The maximum absolute atomic E-state index is 12.3. The maximum atomic E-state index is 12.3. The molecule has 1 aromatic heterocycles. The summed E-state index contributed by atoms with van der Waals surface area (Å²) in [7, 11) is 0. The Bertz CT molecular complexity index is 584. The van der Waals surface area contributed by atoms with E-state index in [2.05, 4.69) is 15.5 Å². The molecule has 19 heavy (non-hydrogen) atoms. The van der Waals surface area contributed by atoms with E-state index >= 15 is 0 Å². The first-order valence-corrected chi connectivity index (χ1v) is 6.00. The Labute approximate surface area is 109 Å². The van der Waals surface area contributed by atoms with Crippen LogP contribution in [-0.4, -0.2) is 44.4 Å². The molecule has 0 aliphatic carbocycles. The molecule has 1 N–H and O–H groups in total. The predicted octanol–water partition coefficient (Wildman–Crippen LogP) is -0.204. The highest BCUT2D eigenvalue weighted by Gasteiger charge is 2.31. The third-order valence-corrected chi connectivity index (χ3v) is 3.28. The smallest absolute Gasteiger partial charge is 0.248 e. The Hall–Kier alpha value is -2.28. The highest BCUT2D eigenvalue weighted by molar-refractivity contribution is 5.95. The fraction of sp³-hybridized carbons (Fsp3) is 0.333. The van der Waals surface area contributed by atoms with Crippen LogP contribution in [0, 0.1) is 0 Å². The zero-order valence-corrected chi connectivity index (χ0v) is 10.2. The minimum absolute atomic E-state index is 0.0194. The summed E-state index contributed by atoms with van der Waals surface area (Å²) >= 11 is 0. The van der Waals surface area contributed by atoms with Crippen LogP contribution < -0.4 is 4.90 Å². The zero-order chi connectivity index (χ0) is 13.2. The van der Waals surface area contributed by atoms with Crippen LogP contribution in [0.3, 0.4) is 0 Å². The van der Waals surface area contributed by atoms with E-state index in [-0.39, 0.29) is 25.0 Å². The molecule has 1 aliphatic rings. The Morgan fingerprint density at radius 1 is 1.42 bits per heavy atom. The predicted molar refractivity (Wildman–Crippen MR) is 66.4 cm³/mol. The number of fused-ring (bicyclic) bond motifs is 1. The van der Waals surface area contributed by atoms with Gasteiger partial charge in [-0.15, -0.1) is 5.10 Å². The van der Waals surface area contributed by atoms with Gasteiger partial charge in [0.2, 0.25) is 5.91 Å². The number of aliphatic hydroxyl groups excluding tert-OH is 1. The van der Waals surface area contributed by atoms with E-state index < -0.39 is 0 Å². The van der Waals surface area contributed by atoms with E-state index in [1.807, 2.05) is 24.3 Å². The molecule has 0 radical (unpaired) electrons. The largest absolute Gasteiger partial charge is 0.396 e. The van der Waals surface area contributed by atoms with Crippen LogP contribution in [-0.2, 0) is 11.3 Å². The molecule has 3 rings (SSSR count). The van der Waals surface area contributed by atoms with Crippen molar-refractivity contribution in [1.29, 1.82) is 0 Å². The number of anilines is 1.